The van der Waals surface area contributed by atoms with Gasteiger partial charge >= 0.3 is 6.03 Å². The van der Waals surface area contributed by atoms with Crippen LogP contribution in [-0.2, 0) is 15.1 Å². The van der Waals surface area contributed by atoms with Crippen LogP contribution in [0.2, 0.25) is 0 Å². The monoisotopic (exact) mass is 419 g/mol. The van der Waals surface area contributed by atoms with Crippen molar-refractivity contribution in [1.29, 1.82) is 0 Å². The lowest BCUT2D eigenvalue weighted by molar-refractivity contribution is -0.135. The molecule has 6 nitrogen and oxygen atoms in total. The molecule has 2 aromatic carbocycles. The number of rotatable bonds is 6. The van der Waals surface area contributed by atoms with Gasteiger partial charge in [0, 0.05) is 6.04 Å². The molecule has 1 heterocycles. The van der Waals surface area contributed by atoms with Crippen LogP contribution in [0.1, 0.15) is 56.1 Å². The predicted octanol–water partition coefficient (Wildman–Crippen LogP) is 3.69. The molecule has 2 N–H and O–H groups in total. The Kier molecular flexibility index (Phi) is 6.07. The van der Waals surface area contributed by atoms with E-state index < -0.39 is 11.6 Å². The SMILES string of the molecule is CCC1(c2ccccc2)NC(=O)N(CC(=O)NC2CCC(c3ccccc3)CC2)C1=O. The molecular weight excluding hydrogens is 390 g/mol. The molecule has 2 aromatic rings. The van der Waals surface area contributed by atoms with Crippen molar-refractivity contribution >= 4 is 17.8 Å². The van der Waals surface area contributed by atoms with Gasteiger partial charge in [0.15, 0.2) is 0 Å². The average molecular weight is 420 g/mol. The number of amides is 4. The molecule has 2 aliphatic rings. The van der Waals surface area contributed by atoms with Crippen molar-refractivity contribution in [2.45, 2.75) is 56.5 Å². The van der Waals surface area contributed by atoms with Crippen molar-refractivity contribution in [3.8, 4) is 0 Å². The molecule has 162 valence electrons. The minimum Gasteiger partial charge on any atom is -0.352 e. The molecule has 0 aromatic heterocycles. The first-order valence-corrected chi connectivity index (χ1v) is 11.1. The lowest BCUT2D eigenvalue weighted by Crippen LogP contribution is -2.46. The highest BCUT2D eigenvalue weighted by Gasteiger charge is 2.51. The highest BCUT2D eigenvalue weighted by atomic mass is 16.2. The fraction of sp³-hybridized carbons (Fsp3) is 0.400. The maximum Gasteiger partial charge on any atom is 0.325 e. The summed E-state index contributed by atoms with van der Waals surface area (Å²) < 4.78 is 0. The minimum atomic E-state index is -1.10. The van der Waals surface area contributed by atoms with Gasteiger partial charge in [-0.05, 0) is 49.1 Å². The predicted molar refractivity (Wildman–Crippen MR) is 118 cm³/mol. The van der Waals surface area contributed by atoms with Crippen LogP contribution < -0.4 is 10.6 Å². The van der Waals surface area contributed by atoms with Crippen LogP contribution in [0.3, 0.4) is 0 Å². The number of benzene rings is 2. The number of nitrogens with one attached hydrogen (secondary N) is 2. The third-order valence-corrected chi connectivity index (χ3v) is 6.64. The number of carbonyl (C=O) groups is 3. The van der Waals surface area contributed by atoms with Gasteiger partial charge in [0.25, 0.3) is 5.91 Å². The lowest BCUT2D eigenvalue weighted by Gasteiger charge is -2.30. The molecule has 1 aliphatic heterocycles. The summed E-state index contributed by atoms with van der Waals surface area (Å²) in [6, 6.07) is 19.2. The largest absolute Gasteiger partial charge is 0.352 e. The van der Waals surface area contributed by atoms with E-state index in [2.05, 4.69) is 34.9 Å². The first-order chi connectivity index (χ1) is 15.0. The molecule has 4 amide bonds. The summed E-state index contributed by atoms with van der Waals surface area (Å²) in [5, 5.41) is 5.85. The molecule has 6 heteroatoms. The minimum absolute atomic E-state index is 0.0817. The summed E-state index contributed by atoms with van der Waals surface area (Å²) in [4.78, 5) is 39.4. The Bertz CT molecular complexity index is 939. The Morgan fingerprint density at radius 3 is 2.23 bits per heavy atom. The number of hydrogen-bond donors (Lipinski definition) is 2. The van der Waals surface area contributed by atoms with Crippen molar-refractivity contribution in [3.63, 3.8) is 0 Å². The van der Waals surface area contributed by atoms with E-state index >= 15 is 0 Å². The highest BCUT2D eigenvalue weighted by molar-refractivity contribution is 6.09. The summed E-state index contributed by atoms with van der Waals surface area (Å²) in [6.07, 6.45) is 4.25. The van der Waals surface area contributed by atoms with Crippen molar-refractivity contribution in [1.82, 2.24) is 15.5 Å². The molecule has 0 spiro atoms. The summed E-state index contributed by atoms with van der Waals surface area (Å²) in [5.74, 6) is -0.128. The Morgan fingerprint density at radius 2 is 1.61 bits per heavy atom. The molecule has 1 saturated heterocycles. The zero-order chi connectivity index (χ0) is 21.8. The molecule has 31 heavy (non-hydrogen) atoms. The van der Waals surface area contributed by atoms with E-state index in [4.69, 9.17) is 0 Å². The third kappa shape index (κ3) is 4.20. The van der Waals surface area contributed by atoms with Crippen molar-refractivity contribution < 1.29 is 14.4 Å². The number of nitrogens with zero attached hydrogens (tertiary/aromatic N) is 1. The van der Waals surface area contributed by atoms with Gasteiger partial charge in [-0.1, -0.05) is 67.6 Å². The zero-order valence-electron chi connectivity index (χ0n) is 17.8. The maximum atomic E-state index is 13.2. The first-order valence-electron chi connectivity index (χ1n) is 11.1. The van der Waals surface area contributed by atoms with E-state index in [0.29, 0.717) is 12.3 Å². The van der Waals surface area contributed by atoms with Crippen LogP contribution in [0.4, 0.5) is 4.79 Å². The zero-order valence-corrected chi connectivity index (χ0v) is 17.8. The number of imide groups is 1. The molecule has 0 bridgehead atoms. The van der Waals surface area contributed by atoms with E-state index in [1.54, 1.807) is 0 Å². The quantitative estimate of drug-likeness (QED) is 0.701. The van der Waals surface area contributed by atoms with Crippen molar-refractivity contribution in [2.75, 3.05) is 6.54 Å². The van der Waals surface area contributed by atoms with Gasteiger partial charge in [-0.2, -0.15) is 0 Å². The van der Waals surface area contributed by atoms with E-state index in [0.717, 1.165) is 36.1 Å². The van der Waals surface area contributed by atoms with E-state index in [-0.39, 0.29) is 24.4 Å². The fourth-order valence-electron chi connectivity index (χ4n) is 4.84. The number of urea groups is 1. The molecule has 2 fully saturated rings. The van der Waals surface area contributed by atoms with Gasteiger partial charge in [-0.25, -0.2) is 4.79 Å². The van der Waals surface area contributed by atoms with Gasteiger partial charge in [-0.15, -0.1) is 0 Å². The topological polar surface area (TPSA) is 78.5 Å². The van der Waals surface area contributed by atoms with Gasteiger partial charge in [0.2, 0.25) is 5.91 Å². The second kappa shape index (κ2) is 8.92. The summed E-state index contributed by atoms with van der Waals surface area (Å²) >= 11 is 0. The van der Waals surface area contributed by atoms with Crippen LogP contribution in [-0.4, -0.2) is 35.3 Å². The summed E-state index contributed by atoms with van der Waals surface area (Å²) in [7, 11) is 0. The molecular formula is C25H29N3O3. The maximum absolute atomic E-state index is 13.2. The van der Waals surface area contributed by atoms with Gasteiger partial charge in [0.1, 0.15) is 12.1 Å². The van der Waals surface area contributed by atoms with Crippen LogP contribution in [0.25, 0.3) is 0 Å². The number of hydrogen-bond acceptors (Lipinski definition) is 3. The summed E-state index contributed by atoms with van der Waals surface area (Å²) in [6.45, 7) is 1.61. The lowest BCUT2D eigenvalue weighted by atomic mass is 9.82. The average Bonchev–Trinajstić information content (AvgIpc) is 3.06. The normalized spacial score (nSPS) is 25.9. The second-order valence-corrected chi connectivity index (χ2v) is 8.47. The van der Waals surface area contributed by atoms with E-state index in [1.165, 1.54) is 5.56 Å². The van der Waals surface area contributed by atoms with Gasteiger partial charge in [-0.3, -0.25) is 14.5 Å². The molecule has 0 radical (unpaired) electrons. The smallest absolute Gasteiger partial charge is 0.325 e. The molecule has 1 aliphatic carbocycles. The standard InChI is InChI=1S/C25H29N3O3/c1-2-25(20-11-7-4-8-12-20)23(30)28(24(31)27-25)17-22(29)26-21-15-13-19(14-16-21)18-9-5-3-6-10-18/h3-12,19,21H,2,13-17H2,1H3,(H,26,29)(H,27,31). The third-order valence-electron chi connectivity index (χ3n) is 6.64. The Morgan fingerprint density at radius 1 is 1.00 bits per heavy atom. The Hall–Kier alpha value is -3.15. The molecule has 1 atom stereocenters. The number of carbonyl (C=O) groups excluding carboxylic acids is 3. The van der Waals surface area contributed by atoms with Crippen molar-refractivity contribution in [3.05, 3.63) is 71.8 Å². The van der Waals surface area contributed by atoms with Crippen LogP contribution in [0.15, 0.2) is 60.7 Å². The highest BCUT2D eigenvalue weighted by Crippen LogP contribution is 2.34. The van der Waals surface area contributed by atoms with Crippen LogP contribution in [0.5, 0.6) is 0 Å². The molecule has 4 rings (SSSR count). The van der Waals surface area contributed by atoms with E-state index in [9.17, 15) is 14.4 Å². The second-order valence-electron chi connectivity index (χ2n) is 8.47. The van der Waals surface area contributed by atoms with Crippen molar-refractivity contribution in [2.24, 2.45) is 0 Å². The van der Waals surface area contributed by atoms with Gasteiger partial charge < -0.3 is 10.6 Å². The Labute approximate surface area is 183 Å². The Balaban J connectivity index is 1.35. The van der Waals surface area contributed by atoms with E-state index in [1.807, 2.05) is 43.3 Å². The first kappa shape index (κ1) is 21.1. The molecule has 1 saturated carbocycles. The van der Waals surface area contributed by atoms with Crippen LogP contribution >= 0.6 is 0 Å². The molecule has 1 unspecified atom stereocenters. The van der Waals surface area contributed by atoms with Gasteiger partial charge in [0.05, 0.1) is 0 Å². The van der Waals surface area contributed by atoms with Crippen LogP contribution in [0, 0.1) is 0 Å². The summed E-state index contributed by atoms with van der Waals surface area (Å²) in [5.41, 5.74) is 0.980. The fourth-order valence-corrected chi connectivity index (χ4v) is 4.84.